The van der Waals surface area contributed by atoms with E-state index in [1.807, 2.05) is 0 Å². The van der Waals surface area contributed by atoms with E-state index in [1.165, 1.54) is 27.1 Å². The normalized spacial score (nSPS) is 11.2. The first-order valence-corrected chi connectivity index (χ1v) is 9.58. The van der Waals surface area contributed by atoms with Crippen molar-refractivity contribution >= 4 is 31.5 Å². The van der Waals surface area contributed by atoms with Gasteiger partial charge in [0.25, 0.3) is 0 Å². The summed E-state index contributed by atoms with van der Waals surface area (Å²) in [4.78, 5) is 0. The summed E-state index contributed by atoms with van der Waals surface area (Å²) >= 11 is 6.66. The van der Waals surface area contributed by atoms with Crippen molar-refractivity contribution in [2.45, 2.75) is 47.0 Å². The van der Waals surface area contributed by atoms with Gasteiger partial charge in [-0.25, -0.2) is 0 Å². The van der Waals surface area contributed by atoms with Crippen LogP contribution in [0.5, 0.6) is 0 Å². The average molecular weight is 329 g/mol. The van der Waals surface area contributed by atoms with Crippen LogP contribution in [-0.4, -0.2) is 9.52 Å². The van der Waals surface area contributed by atoms with E-state index in [2.05, 4.69) is 64.1 Å². The van der Waals surface area contributed by atoms with Crippen LogP contribution in [0.3, 0.4) is 0 Å². The van der Waals surface area contributed by atoms with Gasteiger partial charge in [0.15, 0.2) is 0 Å². The fourth-order valence-electron chi connectivity index (χ4n) is 2.67. The van der Waals surface area contributed by atoms with E-state index in [-0.39, 0.29) is 0 Å². The molecule has 0 atom stereocenters. The van der Waals surface area contributed by atoms with E-state index in [0.717, 1.165) is 24.3 Å². The van der Waals surface area contributed by atoms with Crippen molar-refractivity contribution in [3.63, 3.8) is 0 Å². The molecule has 0 saturated heterocycles. The van der Waals surface area contributed by atoms with Crippen LogP contribution >= 0.6 is 11.6 Å². The predicted octanol–water partition coefficient (Wildman–Crippen LogP) is 4.32. The van der Waals surface area contributed by atoms with Gasteiger partial charge < -0.3 is 0 Å². The summed E-state index contributed by atoms with van der Waals surface area (Å²) in [5, 5.41) is 3.64. The number of aryl methyl sites for hydroxylation is 2. The largest absolute Gasteiger partial charge is 0.123 e. The Morgan fingerprint density at radius 3 is 2.18 bits per heavy atom. The second-order valence-corrected chi connectivity index (χ2v) is 7.99. The minimum atomic E-state index is 0.631. The van der Waals surface area contributed by atoms with Crippen LogP contribution < -0.4 is 10.4 Å². The van der Waals surface area contributed by atoms with E-state index in [1.54, 1.807) is 0 Å². The molecule has 2 aromatic rings. The monoisotopic (exact) mass is 328 g/mol. The zero-order valence-electron chi connectivity index (χ0n) is 14.0. The van der Waals surface area contributed by atoms with Crippen molar-refractivity contribution in [2.24, 2.45) is 5.92 Å². The fraction of sp³-hybridized carbons (Fsp3) is 0.400. The maximum atomic E-state index is 6.66. The van der Waals surface area contributed by atoms with Crippen molar-refractivity contribution in [3.8, 4) is 0 Å². The molecule has 0 aliphatic rings. The lowest BCUT2D eigenvalue weighted by Crippen LogP contribution is -2.29. The number of benzene rings is 2. The van der Waals surface area contributed by atoms with E-state index < -0.39 is 0 Å². The minimum Gasteiger partial charge on any atom is -0.0842 e. The van der Waals surface area contributed by atoms with Gasteiger partial charge in [0.2, 0.25) is 0 Å². The lowest BCUT2D eigenvalue weighted by atomic mass is 10.0. The highest BCUT2D eigenvalue weighted by atomic mass is 35.5. The van der Waals surface area contributed by atoms with Crippen LogP contribution in [0.1, 0.15) is 44.4 Å². The molecule has 0 aliphatic carbocycles. The van der Waals surface area contributed by atoms with E-state index in [4.69, 9.17) is 11.6 Å². The number of halogens is 1. The number of hydrogen-bond acceptors (Lipinski definition) is 0. The Kier molecular flexibility index (Phi) is 6.28. The highest BCUT2D eigenvalue weighted by Gasteiger charge is 2.10. The van der Waals surface area contributed by atoms with Gasteiger partial charge in [0.1, 0.15) is 9.52 Å². The molecule has 0 aromatic heterocycles. The third-order valence-electron chi connectivity index (χ3n) is 3.85. The van der Waals surface area contributed by atoms with Gasteiger partial charge >= 0.3 is 0 Å². The second kappa shape index (κ2) is 7.98. The molecule has 0 fully saturated rings. The predicted molar refractivity (Wildman–Crippen MR) is 100 cm³/mol. The zero-order chi connectivity index (χ0) is 16.1. The van der Waals surface area contributed by atoms with Crippen molar-refractivity contribution in [3.05, 3.63) is 58.1 Å². The summed E-state index contributed by atoms with van der Waals surface area (Å²) in [5.41, 5.74) is 4.14. The lowest BCUT2D eigenvalue weighted by molar-refractivity contribution is 0.647. The molecule has 0 aliphatic heterocycles. The molecule has 2 aromatic carbocycles. The van der Waals surface area contributed by atoms with Crippen LogP contribution in [0.15, 0.2) is 36.4 Å². The number of hydrogen-bond donors (Lipinski definition) is 0. The zero-order valence-corrected chi connectivity index (χ0v) is 15.8. The summed E-state index contributed by atoms with van der Waals surface area (Å²) in [6, 6.07) is 13.5. The van der Waals surface area contributed by atoms with Crippen molar-refractivity contribution < 1.29 is 0 Å². The average Bonchev–Trinajstić information content (AvgIpc) is 2.50. The minimum absolute atomic E-state index is 0.631. The number of rotatable bonds is 6. The molecule has 0 N–H and O–H groups in total. The summed E-state index contributed by atoms with van der Waals surface area (Å²) in [5.74, 6) is 0.631. The second-order valence-electron chi connectivity index (χ2n) is 6.25. The molecular weight excluding hydrogens is 304 g/mol. The maximum Gasteiger partial charge on any atom is 0.123 e. The summed E-state index contributed by atoms with van der Waals surface area (Å²) in [7, 11) is 0.635. The van der Waals surface area contributed by atoms with E-state index in [0.29, 0.717) is 15.4 Å². The van der Waals surface area contributed by atoms with Gasteiger partial charge in [0.05, 0.1) is 0 Å². The molecule has 2 rings (SSSR count). The van der Waals surface area contributed by atoms with Crippen LogP contribution in [0.2, 0.25) is 5.02 Å². The van der Waals surface area contributed by atoms with E-state index >= 15 is 0 Å². The molecule has 0 unspecified atom stereocenters. The Morgan fingerprint density at radius 2 is 1.64 bits per heavy atom. The van der Waals surface area contributed by atoms with Crippen LogP contribution in [0.4, 0.5) is 0 Å². The van der Waals surface area contributed by atoms with Gasteiger partial charge in [-0.3, -0.25) is 0 Å². The molecule has 2 heteroatoms. The quantitative estimate of drug-likeness (QED) is 0.693. The standard InChI is InChI=1S/C20H25ClSi/c1-5-15-11-16(6-2)13-18(12-15)22-19-9-7-8-17(20(19)21)10-14(3)4/h7-9,11-14H,5-6,10H2,1-4H3. The molecule has 0 heterocycles. The SMILES string of the molecule is CCc1cc(CC)cc([Si]c2cccc(CC(C)C)c2Cl)c1. The molecule has 0 spiro atoms. The first-order valence-electron chi connectivity index (χ1n) is 8.20. The van der Waals surface area contributed by atoms with Gasteiger partial charge in [-0.1, -0.05) is 80.9 Å². The molecule has 116 valence electrons. The summed E-state index contributed by atoms with van der Waals surface area (Å²) < 4.78 is 0. The molecular formula is C20H25ClSi. The fourth-order valence-corrected chi connectivity index (χ4v) is 4.29. The van der Waals surface area contributed by atoms with Crippen LogP contribution in [0, 0.1) is 5.92 Å². The first-order chi connectivity index (χ1) is 10.5. The third kappa shape index (κ3) is 4.47. The summed E-state index contributed by atoms with van der Waals surface area (Å²) in [6.07, 6.45) is 3.23. The first kappa shape index (κ1) is 17.3. The molecule has 2 radical (unpaired) electrons. The topological polar surface area (TPSA) is 0 Å². The smallest absolute Gasteiger partial charge is 0.0842 e. The molecule has 22 heavy (non-hydrogen) atoms. The van der Waals surface area contributed by atoms with Crippen molar-refractivity contribution in [1.82, 2.24) is 0 Å². The molecule has 0 nitrogen and oxygen atoms in total. The Bertz CT molecular complexity index is 609. The van der Waals surface area contributed by atoms with Gasteiger partial charge in [-0.2, -0.15) is 0 Å². The lowest BCUT2D eigenvalue weighted by Gasteiger charge is -2.12. The van der Waals surface area contributed by atoms with Gasteiger partial charge in [-0.05, 0) is 47.1 Å². The molecule has 0 bridgehead atoms. The Morgan fingerprint density at radius 1 is 1.00 bits per heavy atom. The van der Waals surface area contributed by atoms with Crippen molar-refractivity contribution in [1.29, 1.82) is 0 Å². The van der Waals surface area contributed by atoms with Gasteiger partial charge in [-0.15, -0.1) is 0 Å². The highest BCUT2D eigenvalue weighted by molar-refractivity contribution is 6.70. The maximum absolute atomic E-state index is 6.66. The van der Waals surface area contributed by atoms with Crippen LogP contribution in [0.25, 0.3) is 0 Å². The third-order valence-corrected chi connectivity index (χ3v) is 5.72. The Balaban J connectivity index is 2.31. The Hall–Kier alpha value is -1.05. The highest BCUT2D eigenvalue weighted by Crippen LogP contribution is 2.17. The summed E-state index contributed by atoms with van der Waals surface area (Å²) in [6.45, 7) is 8.92. The van der Waals surface area contributed by atoms with Crippen LogP contribution in [-0.2, 0) is 19.3 Å². The van der Waals surface area contributed by atoms with Gasteiger partial charge in [0, 0.05) is 5.02 Å². The van der Waals surface area contributed by atoms with Crippen molar-refractivity contribution in [2.75, 3.05) is 0 Å². The molecule has 0 saturated carbocycles. The van der Waals surface area contributed by atoms with E-state index in [9.17, 15) is 0 Å². The molecule has 0 amide bonds. The Labute approximate surface area is 142 Å².